The molecule has 3 aromatic rings. The molecular formula is C24H24ClN3O3S2. The molecule has 0 radical (unpaired) electrons. The maximum Gasteiger partial charge on any atom is 0.253 e. The average molecular weight is 502 g/mol. The number of halogens is 1. The van der Waals surface area contributed by atoms with Crippen molar-refractivity contribution in [2.45, 2.75) is 37.1 Å². The van der Waals surface area contributed by atoms with Crippen LogP contribution in [0.25, 0.3) is 10.1 Å². The molecule has 0 bridgehead atoms. The first-order chi connectivity index (χ1) is 15.7. The fourth-order valence-electron chi connectivity index (χ4n) is 4.11. The Kier molecular flexibility index (Phi) is 6.78. The number of nitrogens with zero attached hydrogens (tertiary/aromatic N) is 3. The Balaban J connectivity index is 1.60. The zero-order valence-corrected chi connectivity index (χ0v) is 20.8. The van der Waals surface area contributed by atoms with Crippen LogP contribution in [0.15, 0.2) is 52.7 Å². The molecule has 1 fully saturated rings. The van der Waals surface area contributed by atoms with Crippen LogP contribution < -0.4 is 0 Å². The average Bonchev–Trinajstić information content (AvgIpc) is 3.20. The van der Waals surface area contributed by atoms with Gasteiger partial charge in [0.05, 0.1) is 18.2 Å². The number of hydrogen-bond acceptors (Lipinski definition) is 5. The predicted molar refractivity (Wildman–Crippen MR) is 131 cm³/mol. The molecule has 0 aliphatic carbocycles. The Bertz CT molecular complexity index is 1330. The number of thiophene rings is 1. The van der Waals surface area contributed by atoms with Gasteiger partial charge >= 0.3 is 0 Å². The summed E-state index contributed by atoms with van der Waals surface area (Å²) in [5.41, 5.74) is 1.47. The van der Waals surface area contributed by atoms with Gasteiger partial charge in [0, 0.05) is 28.9 Å². The van der Waals surface area contributed by atoms with Crippen molar-refractivity contribution >= 4 is 49.0 Å². The molecule has 172 valence electrons. The lowest BCUT2D eigenvalue weighted by atomic mass is 9.99. The Morgan fingerprint density at radius 1 is 1.18 bits per heavy atom. The van der Waals surface area contributed by atoms with Crippen molar-refractivity contribution in [1.29, 1.82) is 5.26 Å². The first kappa shape index (κ1) is 23.7. The molecule has 2 heterocycles. The Morgan fingerprint density at radius 2 is 1.91 bits per heavy atom. The molecule has 2 aromatic carbocycles. The quantitative estimate of drug-likeness (QED) is 0.482. The summed E-state index contributed by atoms with van der Waals surface area (Å²) in [5, 5.41) is 10.4. The number of sulfonamides is 1. The second-order valence-corrected chi connectivity index (χ2v) is 12.3. The number of hydrogen-bond donors (Lipinski definition) is 0. The second kappa shape index (κ2) is 9.43. The standard InChI is InChI=1S/C24H24ClN3O3S2/c1-16(2)9-21-14-27(15-23(29)28(21)13-18-5-3-17(12-26)4-6-18)33(30,31)24-10-19-7-8-20(25)11-22(19)32-24/h3-8,10-11,16,21H,9,13-15H2,1-2H3. The Labute approximate surface area is 203 Å². The van der Waals surface area contributed by atoms with Gasteiger partial charge in [-0.3, -0.25) is 4.79 Å². The molecule has 1 unspecified atom stereocenters. The van der Waals surface area contributed by atoms with E-state index < -0.39 is 10.0 Å². The molecule has 1 saturated heterocycles. The summed E-state index contributed by atoms with van der Waals surface area (Å²) < 4.78 is 29.2. The van der Waals surface area contributed by atoms with Crippen LogP contribution in [0.3, 0.4) is 0 Å². The molecular weight excluding hydrogens is 478 g/mol. The van der Waals surface area contributed by atoms with Gasteiger partial charge in [0.2, 0.25) is 5.91 Å². The van der Waals surface area contributed by atoms with Gasteiger partial charge in [0.1, 0.15) is 4.21 Å². The number of carbonyl (C=O) groups is 1. The Hall–Kier alpha value is -2.44. The summed E-state index contributed by atoms with van der Waals surface area (Å²) in [7, 11) is -3.82. The van der Waals surface area contributed by atoms with E-state index in [-0.39, 0.29) is 29.2 Å². The zero-order valence-electron chi connectivity index (χ0n) is 18.4. The van der Waals surface area contributed by atoms with Crippen molar-refractivity contribution in [2.24, 2.45) is 5.92 Å². The van der Waals surface area contributed by atoms with Crippen LogP contribution in [0.5, 0.6) is 0 Å². The predicted octanol–water partition coefficient (Wildman–Crippen LogP) is 4.87. The molecule has 1 aliphatic heterocycles. The molecule has 0 N–H and O–H groups in total. The third kappa shape index (κ3) is 5.07. The normalized spacial score (nSPS) is 17.6. The maximum atomic E-state index is 13.5. The lowest BCUT2D eigenvalue weighted by Gasteiger charge is -2.41. The zero-order chi connectivity index (χ0) is 23.8. The van der Waals surface area contributed by atoms with E-state index in [1.54, 1.807) is 41.3 Å². The Morgan fingerprint density at radius 3 is 2.58 bits per heavy atom. The summed E-state index contributed by atoms with van der Waals surface area (Å²) in [6, 6.07) is 15.9. The van der Waals surface area contributed by atoms with E-state index >= 15 is 0 Å². The van der Waals surface area contributed by atoms with Gasteiger partial charge < -0.3 is 4.90 Å². The van der Waals surface area contributed by atoms with E-state index in [0.717, 1.165) is 15.6 Å². The first-order valence-corrected chi connectivity index (χ1v) is 13.3. The molecule has 1 aliphatic rings. The minimum Gasteiger partial charge on any atom is -0.333 e. The van der Waals surface area contributed by atoms with Crippen LogP contribution in [0.2, 0.25) is 5.02 Å². The highest BCUT2D eigenvalue weighted by molar-refractivity contribution is 7.91. The summed E-state index contributed by atoms with van der Waals surface area (Å²) in [5.74, 6) is 0.0735. The summed E-state index contributed by atoms with van der Waals surface area (Å²) >= 11 is 7.23. The van der Waals surface area contributed by atoms with Gasteiger partial charge in [0.25, 0.3) is 10.0 Å². The van der Waals surface area contributed by atoms with Crippen LogP contribution in [-0.4, -0.2) is 42.7 Å². The smallest absolute Gasteiger partial charge is 0.253 e. The lowest BCUT2D eigenvalue weighted by molar-refractivity contribution is -0.138. The topological polar surface area (TPSA) is 81.5 Å². The molecule has 1 aromatic heterocycles. The monoisotopic (exact) mass is 501 g/mol. The molecule has 33 heavy (non-hydrogen) atoms. The SMILES string of the molecule is CC(C)CC1CN(S(=O)(=O)c2cc3ccc(Cl)cc3s2)CC(=O)N1Cc1ccc(C#N)cc1. The van der Waals surface area contributed by atoms with Crippen molar-refractivity contribution in [3.63, 3.8) is 0 Å². The van der Waals surface area contributed by atoms with Gasteiger partial charge in [-0.15, -0.1) is 11.3 Å². The number of rotatable bonds is 6. The largest absolute Gasteiger partial charge is 0.333 e. The summed E-state index contributed by atoms with van der Waals surface area (Å²) in [6.07, 6.45) is 0.691. The van der Waals surface area contributed by atoms with E-state index in [1.807, 2.05) is 12.1 Å². The highest BCUT2D eigenvalue weighted by Crippen LogP contribution is 2.34. The van der Waals surface area contributed by atoms with Crippen molar-refractivity contribution in [3.8, 4) is 6.07 Å². The van der Waals surface area contributed by atoms with Crippen molar-refractivity contribution in [2.75, 3.05) is 13.1 Å². The second-order valence-electron chi connectivity index (χ2n) is 8.66. The highest BCUT2D eigenvalue weighted by atomic mass is 35.5. The maximum absolute atomic E-state index is 13.5. The minimum atomic E-state index is -3.82. The molecule has 1 atom stereocenters. The van der Waals surface area contributed by atoms with E-state index in [0.29, 0.717) is 29.5 Å². The van der Waals surface area contributed by atoms with Crippen LogP contribution in [-0.2, 0) is 21.4 Å². The van der Waals surface area contributed by atoms with E-state index in [2.05, 4.69) is 19.9 Å². The van der Waals surface area contributed by atoms with Crippen molar-refractivity contribution in [1.82, 2.24) is 9.21 Å². The number of amides is 1. The van der Waals surface area contributed by atoms with Crippen molar-refractivity contribution in [3.05, 3.63) is 64.7 Å². The van der Waals surface area contributed by atoms with Crippen LogP contribution in [0.1, 0.15) is 31.4 Å². The molecule has 0 spiro atoms. The number of nitriles is 1. The molecule has 4 rings (SSSR count). The van der Waals surface area contributed by atoms with Gasteiger partial charge in [-0.1, -0.05) is 43.6 Å². The fraction of sp³-hybridized carbons (Fsp3) is 0.333. The number of carbonyl (C=O) groups excluding carboxylic acids is 1. The summed E-state index contributed by atoms with van der Waals surface area (Å²) in [4.78, 5) is 14.9. The molecule has 6 nitrogen and oxygen atoms in total. The van der Waals surface area contributed by atoms with Crippen LogP contribution >= 0.6 is 22.9 Å². The summed E-state index contributed by atoms with van der Waals surface area (Å²) in [6.45, 7) is 4.57. The van der Waals surface area contributed by atoms with Gasteiger partial charge in [-0.25, -0.2) is 8.42 Å². The van der Waals surface area contributed by atoms with E-state index in [4.69, 9.17) is 16.9 Å². The highest BCUT2D eigenvalue weighted by Gasteiger charge is 2.39. The number of piperazine rings is 1. The third-order valence-corrected chi connectivity index (χ3v) is 9.31. The minimum absolute atomic E-state index is 0.192. The molecule has 0 saturated carbocycles. The van der Waals surface area contributed by atoms with Crippen molar-refractivity contribution < 1.29 is 13.2 Å². The lowest BCUT2D eigenvalue weighted by Crippen LogP contribution is -2.57. The van der Waals surface area contributed by atoms with Gasteiger partial charge in [-0.05, 0) is 53.6 Å². The van der Waals surface area contributed by atoms with Gasteiger partial charge in [0.15, 0.2) is 0 Å². The number of benzene rings is 2. The van der Waals surface area contributed by atoms with Crippen LogP contribution in [0, 0.1) is 17.2 Å². The van der Waals surface area contributed by atoms with Crippen LogP contribution in [0.4, 0.5) is 0 Å². The third-order valence-electron chi connectivity index (χ3n) is 5.72. The molecule has 9 heteroatoms. The van der Waals surface area contributed by atoms with Gasteiger partial charge in [-0.2, -0.15) is 9.57 Å². The molecule has 1 amide bonds. The van der Waals surface area contributed by atoms with E-state index in [9.17, 15) is 13.2 Å². The first-order valence-electron chi connectivity index (χ1n) is 10.6. The fourth-order valence-corrected chi connectivity index (χ4v) is 7.36. The number of fused-ring (bicyclic) bond motifs is 1. The van der Waals surface area contributed by atoms with E-state index in [1.165, 1.54) is 15.6 Å².